The van der Waals surface area contributed by atoms with Crippen LogP contribution < -0.4 is 9.47 Å². The van der Waals surface area contributed by atoms with Crippen LogP contribution in [0, 0.1) is 0 Å². The van der Waals surface area contributed by atoms with Crippen LogP contribution in [0.5, 0.6) is 11.5 Å². The second kappa shape index (κ2) is 7.85. The lowest BCUT2D eigenvalue weighted by atomic mass is 9.89. The zero-order valence-corrected chi connectivity index (χ0v) is 16.9. The number of carbonyl (C=O) groups excluding carboxylic acids is 1. The fourth-order valence-electron chi connectivity index (χ4n) is 3.07. The Labute approximate surface area is 169 Å². The minimum absolute atomic E-state index is 0.0541. The van der Waals surface area contributed by atoms with Gasteiger partial charge in [0.25, 0.3) is 0 Å². The van der Waals surface area contributed by atoms with Gasteiger partial charge in [-0.05, 0) is 51.0 Å². The van der Waals surface area contributed by atoms with E-state index in [2.05, 4.69) is 20.9 Å². The number of aromatic carboxylic acids is 1. The van der Waals surface area contributed by atoms with Crippen molar-refractivity contribution in [3.8, 4) is 22.6 Å². The first-order chi connectivity index (χ1) is 13.4. The maximum Gasteiger partial charge on any atom is 0.339 e. The number of esters is 1. The van der Waals surface area contributed by atoms with Crippen LogP contribution in [-0.2, 0) is 4.74 Å². The number of carboxylic acids is 1. The molecule has 28 heavy (non-hydrogen) atoms. The van der Waals surface area contributed by atoms with Crippen molar-refractivity contribution in [3.63, 3.8) is 0 Å². The van der Waals surface area contributed by atoms with Crippen LogP contribution >= 0.6 is 15.9 Å². The first kappa shape index (κ1) is 19.6. The quantitative estimate of drug-likeness (QED) is 0.588. The molecule has 0 fully saturated rings. The standard InChI is InChI=1S/C20H16BrNO6/c1-26-15-7-10-6-13(19(23)24)18(20(25)28-3)17(12(10)8-16(15)27-2)11-4-5-22-9-14(11)21/h4-9H,1-3H3,(H,23,24). The van der Waals surface area contributed by atoms with E-state index in [1.807, 2.05) is 0 Å². The lowest BCUT2D eigenvalue weighted by molar-refractivity contribution is 0.0584. The van der Waals surface area contributed by atoms with Crippen LogP contribution in [0.3, 0.4) is 0 Å². The molecule has 0 atom stereocenters. The summed E-state index contributed by atoms with van der Waals surface area (Å²) < 4.78 is 16.2. The molecule has 0 saturated carbocycles. The smallest absolute Gasteiger partial charge is 0.339 e. The van der Waals surface area contributed by atoms with Gasteiger partial charge in [0.1, 0.15) is 0 Å². The summed E-state index contributed by atoms with van der Waals surface area (Å²) in [7, 11) is 4.20. The van der Waals surface area contributed by atoms with Gasteiger partial charge in [0, 0.05) is 28.0 Å². The number of aromatic nitrogens is 1. The van der Waals surface area contributed by atoms with Crippen molar-refractivity contribution in [1.82, 2.24) is 4.98 Å². The summed E-state index contributed by atoms with van der Waals surface area (Å²) in [5.74, 6) is -1.12. The van der Waals surface area contributed by atoms with E-state index in [0.717, 1.165) is 0 Å². The zero-order chi connectivity index (χ0) is 20.4. The molecule has 144 valence electrons. The van der Waals surface area contributed by atoms with Crippen molar-refractivity contribution in [2.24, 2.45) is 0 Å². The lowest BCUT2D eigenvalue weighted by Crippen LogP contribution is -2.13. The monoisotopic (exact) mass is 445 g/mol. The molecule has 0 aliphatic carbocycles. The summed E-state index contributed by atoms with van der Waals surface area (Å²) in [4.78, 5) is 28.6. The molecule has 8 heteroatoms. The Kier molecular flexibility index (Phi) is 5.51. The normalized spacial score (nSPS) is 10.6. The Morgan fingerprint density at radius 3 is 2.32 bits per heavy atom. The topological polar surface area (TPSA) is 95.0 Å². The van der Waals surface area contributed by atoms with E-state index in [1.165, 1.54) is 27.4 Å². The second-order valence-electron chi connectivity index (χ2n) is 5.75. The van der Waals surface area contributed by atoms with Crippen LogP contribution in [0.15, 0.2) is 41.1 Å². The molecule has 0 bridgehead atoms. The van der Waals surface area contributed by atoms with Gasteiger partial charge in [-0.25, -0.2) is 9.59 Å². The first-order valence-corrected chi connectivity index (χ1v) is 8.86. The molecule has 0 radical (unpaired) electrons. The maximum atomic E-state index is 12.6. The predicted molar refractivity (Wildman–Crippen MR) is 106 cm³/mol. The number of nitrogens with zero attached hydrogens (tertiary/aromatic N) is 1. The molecule has 0 saturated heterocycles. The average Bonchev–Trinajstić information content (AvgIpc) is 2.71. The number of benzene rings is 2. The molecular weight excluding hydrogens is 430 g/mol. The molecule has 0 aliphatic rings. The Morgan fingerprint density at radius 1 is 1.07 bits per heavy atom. The molecule has 3 aromatic rings. The van der Waals surface area contributed by atoms with Gasteiger partial charge in [0.15, 0.2) is 11.5 Å². The number of fused-ring (bicyclic) bond motifs is 1. The number of hydrogen-bond acceptors (Lipinski definition) is 6. The van der Waals surface area contributed by atoms with E-state index in [4.69, 9.17) is 14.2 Å². The van der Waals surface area contributed by atoms with Gasteiger partial charge in [0.2, 0.25) is 0 Å². The Bertz CT molecular complexity index is 1100. The highest BCUT2D eigenvalue weighted by Crippen LogP contribution is 2.42. The number of carboxylic acid groups (broad SMARTS) is 1. The van der Waals surface area contributed by atoms with Crippen molar-refractivity contribution in [2.75, 3.05) is 21.3 Å². The highest BCUT2D eigenvalue weighted by atomic mass is 79.9. The third-order valence-electron chi connectivity index (χ3n) is 4.31. The molecule has 2 aromatic carbocycles. The summed E-state index contributed by atoms with van der Waals surface area (Å²) in [6.07, 6.45) is 3.12. The third-order valence-corrected chi connectivity index (χ3v) is 4.94. The summed E-state index contributed by atoms with van der Waals surface area (Å²) in [5.41, 5.74) is 0.764. The summed E-state index contributed by atoms with van der Waals surface area (Å²) in [5, 5.41) is 10.9. The Morgan fingerprint density at radius 2 is 1.75 bits per heavy atom. The second-order valence-corrected chi connectivity index (χ2v) is 6.61. The van der Waals surface area contributed by atoms with Crippen LogP contribution in [0.2, 0.25) is 0 Å². The number of pyridine rings is 1. The molecule has 1 N–H and O–H groups in total. The highest BCUT2D eigenvalue weighted by Gasteiger charge is 2.27. The van der Waals surface area contributed by atoms with Crippen molar-refractivity contribution in [3.05, 3.63) is 52.3 Å². The summed E-state index contributed by atoms with van der Waals surface area (Å²) >= 11 is 3.43. The Balaban J connectivity index is 2.58. The summed E-state index contributed by atoms with van der Waals surface area (Å²) in [6.45, 7) is 0. The third kappa shape index (κ3) is 3.27. The maximum absolute atomic E-state index is 12.6. The number of hydrogen-bond donors (Lipinski definition) is 1. The molecule has 0 amide bonds. The molecule has 0 aliphatic heterocycles. The average molecular weight is 446 g/mol. The van der Waals surface area contributed by atoms with Crippen LogP contribution in [0.4, 0.5) is 0 Å². The lowest BCUT2D eigenvalue weighted by Gasteiger charge is -2.18. The van der Waals surface area contributed by atoms with Gasteiger partial charge in [-0.1, -0.05) is 0 Å². The SMILES string of the molecule is COC(=O)c1c(C(=O)O)cc2cc(OC)c(OC)cc2c1-c1ccncc1Br. The number of carbonyl (C=O) groups is 2. The van der Waals surface area contributed by atoms with Crippen LogP contribution in [0.25, 0.3) is 21.9 Å². The zero-order valence-electron chi connectivity index (χ0n) is 15.3. The fourth-order valence-corrected chi connectivity index (χ4v) is 3.52. The summed E-state index contributed by atoms with van der Waals surface area (Å²) in [6, 6.07) is 6.48. The molecule has 1 aromatic heterocycles. The molecular formula is C20H16BrNO6. The van der Waals surface area contributed by atoms with Gasteiger partial charge in [-0.2, -0.15) is 0 Å². The van der Waals surface area contributed by atoms with Gasteiger partial charge in [0.05, 0.1) is 32.5 Å². The van der Waals surface area contributed by atoms with Gasteiger partial charge < -0.3 is 19.3 Å². The minimum atomic E-state index is -1.25. The number of methoxy groups -OCH3 is 3. The fraction of sp³-hybridized carbons (Fsp3) is 0.150. The molecule has 3 rings (SSSR count). The van der Waals surface area contributed by atoms with Crippen molar-refractivity contribution in [1.29, 1.82) is 0 Å². The van der Waals surface area contributed by atoms with Gasteiger partial charge in [-0.15, -0.1) is 0 Å². The molecule has 0 spiro atoms. The largest absolute Gasteiger partial charge is 0.493 e. The van der Waals surface area contributed by atoms with Gasteiger partial charge in [-0.3, -0.25) is 4.98 Å². The van der Waals surface area contributed by atoms with E-state index in [-0.39, 0.29) is 11.1 Å². The van der Waals surface area contributed by atoms with E-state index in [9.17, 15) is 14.7 Å². The Hall–Kier alpha value is -3.13. The van der Waals surface area contributed by atoms with E-state index in [0.29, 0.717) is 37.9 Å². The van der Waals surface area contributed by atoms with Crippen molar-refractivity contribution >= 4 is 38.6 Å². The van der Waals surface area contributed by atoms with Crippen LogP contribution in [-0.4, -0.2) is 43.4 Å². The van der Waals surface area contributed by atoms with Crippen molar-refractivity contribution in [2.45, 2.75) is 0 Å². The number of rotatable bonds is 5. The van der Waals surface area contributed by atoms with Crippen molar-refractivity contribution < 1.29 is 28.9 Å². The van der Waals surface area contributed by atoms with Crippen LogP contribution in [0.1, 0.15) is 20.7 Å². The van der Waals surface area contributed by atoms with E-state index >= 15 is 0 Å². The number of halogens is 1. The predicted octanol–water partition coefficient (Wildman–Crippen LogP) is 4.17. The van der Waals surface area contributed by atoms with E-state index in [1.54, 1.807) is 30.6 Å². The van der Waals surface area contributed by atoms with E-state index < -0.39 is 11.9 Å². The highest BCUT2D eigenvalue weighted by molar-refractivity contribution is 9.10. The number of ether oxygens (including phenoxy) is 3. The van der Waals surface area contributed by atoms with Gasteiger partial charge >= 0.3 is 11.9 Å². The minimum Gasteiger partial charge on any atom is -0.493 e. The molecule has 7 nitrogen and oxygen atoms in total. The molecule has 1 heterocycles. The molecule has 0 unspecified atom stereocenters. The first-order valence-electron chi connectivity index (χ1n) is 8.07.